The molecule has 0 aromatic carbocycles. The van der Waals surface area contributed by atoms with Crippen LogP contribution in [0.5, 0.6) is 0 Å². The Morgan fingerprint density at radius 1 is 1.45 bits per heavy atom. The first-order valence-corrected chi connectivity index (χ1v) is 3.84. The topological polar surface area (TPSA) is 12.4 Å². The van der Waals surface area contributed by atoms with E-state index in [9.17, 15) is 0 Å². The number of nitrogens with zero attached hydrogens (tertiary/aromatic N) is 2. The molecule has 0 saturated heterocycles. The number of rotatable bonds is 3. The van der Waals surface area contributed by atoms with Crippen molar-refractivity contribution in [3.05, 3.63) is 12.4 Å². The van der Waals surface area contributed by atoms with Crippen molar-refractivity contribution in [3.8, 4) is 0 Å². The van der Waals surface area contributed by atoms with E-state index < -0.39 is 0 Å². The Hall–Kier alpha value is -0.340. The normalized spacial score (nSPS) is 27.1. The third kappa shape index (κ3) is 3.04. The third-order valence-corrected chi connectivity index (χ3v) is 1.82. The molecular formula is C8H15ClN2. The molecule has 0 saturated carbocycles. The summed E-state index contributed by atoms with van der Waals surface area (Å²) in [4.78, 5) is 4.06. The Morgan fingerprint density at radius 2 is 2.18 bits per heavy atom. The first-order chi connectivity index (χ1) is 4.77. The molecule has 1 aliphatic heterocycles. The van der Waals surface area contributed by atoms with Crippen molar-refractivity contribution in [1.29, 1.82) is 0 Å². The van der Waals surface area contributed by atoms with Crippen LogP contribution in [0.2, 0.25) is 0 Å². The van der Waals surface area contributed by atoms with Crippen LogP contribution in [0.1, 0.15) is 19.8 Å². The second-order valence-corrected chi connectivity index (χ2v) is 2.99. The van der Waals surface area contributed by atoms with Gasteiger partial charge in [-0.05, 0) is 6.42 Å². The van der Waals surface area contributed by atoms with Crippen molar-refractivity contribution < 1.29 is 16.9 Å². The molecule has 0 bridgehead atoms. The van der Waals surface area contributed by atoms with E-state index in [2.05, 4.69) is 25.2 Å². The van der Waals surface area contributed by atoms with Crippen LogP contribution < -0.4 is 12.4 Å². The summed E-state index contributed by atoms with van der Waals surface area (Å²) in [5, 5.41) is 0. The third-order valence-electron chi connectivity index (χ3n) is 1.82. The van der Waals surface area contributed by atoms with Gasteiger partial charge in [0, 0.05) is 0 Å². The van der Waals surface area contributed by atoms with Crippen molar-refractivity contribution in [3.63, 3.8) is 0 Å². The molecule has 0 radical (unpaired) electrons. The highest BCUT2D eigenvalue weighted by Gasteiger charge is 2.17. The van der Waals surface area contributed by atoms with Gasteiger partial charge in [-0.25, -0.2) is 4.99 Å². The smallest absolute Gasteiger partial charge is 0.194 e. The summed E-state index contributed by atoms with van der Waals surface area (Å²) in [6, 6.07) is 0. The lowest BCUT2D eigenvalue weighted by Gasteiger charge is -2.20. The summed E-state index contributed by atoms with van der Waals surface area (Å²) in [6.07, 6.45) is 8.50. The molecule has 0 spiro atoms. The van der Waals surface area contributed by atoms with Gasteiger partial charge in [0.15, 0.2) is 6.34 Å². The van der Waals surface area contributed by atoms with Crippen LogP contribution in [-0.2, 0) is 0 Å². The average molecular weight is 175 g/mol. The van der Waals surface area contributed by atoms with E-state index in [1.165, 1.54) is 19.4 Å². The quantitative estimate of drug-likeness (QED) is 0.475. The van der Waals surface area contributed by atoms with Gasteiger partial charge in [-0.1, -0.05) is 13.3 Å². The molecule has 0 fully saturated rings. The monoisotopic (exact) mass is 174 g/mol. The van der Waals surface area contributed by atoms with Crippen molar-refractivity contribution in [1.82, 2.24) is 0 Å². The maximum absolute atomic E-state index is 4.06. The molecule has 1 aliphatic rings. The van der Waals surface area contributed by atoms with Crippen molar-refractivity contribution in [2.24, 2.45) is 4.99 Å². The zero-order valence-corrected chi connectivity index (χ0v) is 7.88. The fourth-order valence-corrected chi connectivity index (χ4v) is 1.05. The fourth-order valence-electron chi connectivity index (χ4n) is 1.05. The van der Waals surface area contributed by atoms with E-state index in [0.29, 0.717) is 0 Å². The van der Waals surface area contributed by atoms with E-state index in [1.807, 2.05) is 12.5 Å². The van der Waals surface area contributed by atoms with Gasteiger partial charge in [-0.15, -0.1) is 0 Å². The van der Waals surface area contributed by atoms with E-state index in [4.69, 9.17) is 0 Å². The number of hydrogen-bond donors (Lipinski definition) is 0. The van der Waals surface area contributed by atoms with Crippen LogP contribution in [-0.4, -0.2) is 24.4 Å². The van der Waals surface area contributed by atoms with Gasteiger partial charge in [0.1, 0.15) is 6.20 Å². The van der Waals surface area contributed by atoms with Gasteiger partial charge in [0.25, 0.3) is 0 Å². The number of unbranched alkanes of at least 4 members (excludes halogenated alkanes) is 1. The van der Waals surface area contributed by atoms with Crippen LogP contribution in [0.15, 0.2) is 17.4 Å². The SMILES string of the molecule is CCCC[N+]1(C)C=CN=C1.[Cl-]. The maximum atomic E-state index is 4.06. The van der Waals surface area contributed by atoms with Crippen molar-refractivity contribution in [2.75, 3.05) is 13.6 Å². The van der Waals surface area contributed by atoms with Crippen molar-refractivity contribution >= 4 is 6.34 Å². The zero-order chi connectivity index (χ0) is 7.45. The molecule has 64 valence electrons. The van der Waals surface area contributed by atoms with Crippen LogP contribution in [0.3, 0.4) is 0 Å². The standard InChI is InChI=1S/C8H15N2.ClH/c1-3-4-6-10(2)7-5-9-8-10;/h5,7-8H,3-4,6H2,1-2H3;1H/q+1;/p-1. The van der Waals surface area contributed by atoms with E-state index >= 15 is 0 Å². The van der Waals surface area contributed by atoms with Gasteiger partial charge in [-0.3, -0.25) is 4.48 Å². The predicted octanol–water partition coefficient (Wildman–Crippen LogP) is -1.25. The number of aliphatic imine (C=N–C) groups is 1. The van der Waals surface area contributed by atoms with E-state index in [1.54, 1.807) is 0 Å². The molecule has 3 heteroatoms. The zero-order valence-electron chi connectivity index (χ0n) is 7.13. The largest absolute Gasteiger partial charge is 1.00 e. The Morgan fingerprint density at radius 3 is 2.64 bits per heavy atom. The molecule has 2 nitrogen and oxygen atoms in total. The molecule has 0 aromatic rings. The molecule has 0 aromatic heterocycles. The highest BCUT2D eigenvalue weighted by atomic mass is 35.5. The second kappa shape index (κ2) is 4.52. The van der Waals surface area contributed by atoms with Gasteiger partial charge >= 0.3 is 0 Å². The number of halogens is 1. The highest BCUT2D eigenvalue weighted by molar-refractivity contribution is 5.50. The van der Waals surface area contributed by atoms with Crippen LogP contribution in [0.4, 0.5) is 0 Å². The Kier molecular flexibility index (Phi) is 4.38. The van der Waals surface area contributed by atoms with Gasteiger partial charge in [0.05, 0.1) is 19.8 Å². The van der Waals surface area contributed by atoms with Crippen molar-refractivity contribution in [2.45, 2.75) is 19.8 Å². The summed E-state index contributed by atoms with van der Waals surface area (Å²) in [7, 11) is 2.17. The van der Waals surface area contributed by atoms with E-state index in [0.717, 1.165) is 4.48 Å². The summed E-state index contributed by atoms with van der Waals surface area (Å²) in [5.41, 5.74) is 0. The summed E-state index contributed by atoms with van der Waals surface area (Å²) in [6.45, 7) is 3.39. The van der Waals surface area contributed by atoms with Crippen LogP contribution in [0, 0.1) is 0 Å². The summed E-state index contributed by atoms with van der Waals surface area (Å²) < 4.78 is 0.883. The van der Waals surface area contributed by atoms with E-state index in [-0.39, 0.29) is 12.4 Å². The Labute approximate surface area is 74.6 Å². The molecule has 1 heterocycles. The lowest BCUT2D eigenvalue weighted by molar-refractivity contribution is -0.756. The minimum absolute atomic E-state index is 0. The second-order valence-electron chi connectivity index (χ2n) is 2.99. The molecular weight excluding hydrogens is 160 g/mol. The molecule has 1 rings (SSSR count). The first-order valence-electron chi connectivity index (χ1n) is 3.84. The molecule has 1 unspecified atom stereocenters. The molecule has 0 aliphatic carbocycles. The first kappa shape index (κ1) is 10.7. The number of quaternary nitrogens is 1. The minimum Gasteiger partial charge on any atom is -1.00 e. The average Bonchev–Trinajstić information content (AvgIpc) is 2.33. The maximum Gasteiger partial charge on any atom is 0.194 e. The molecule has 0 amide bonds. The summed E-state index contributed by atoms with van der Waals surface area (Å²) in [5.74, 6) is 0. The van der Waals surface area contributed by atoms with Gasteiger partial charge in [0.2, 0.25) is 0 Å². The number of hydrogen-bond acceptors (Lipinski definition) is 1. The van der Waals surface area contributed by atoms with Gasteiger partial charge < -0.3 is 12.4 Å². The molecule has 11 heavy (non-hydrogen) atoms. The molecule has 0 N–H and O–H groups in total. The van der Waals surface area contributed by atoms with Crippen LogP contribution >= 0.6 is 0 Å². The Bertz CT molecular complexity index is 151. The Balaban J connectivity index is 0.000001000. The van der Waals surface area contributed by atoms with Crippen LogP contribution in [0.25, 0.3) is 0 Å². The lowest BCUT2D eigenvalue weighted by Crippen LogP contribution is -3.00. The summed E-state index contributed by atoms with van der Waals surface area (Å²) >= 11 is 0. The molecule has 1 atom stereocenters. The van der Waals surface area contributed by atoms with Gasteiger partial charge in [-0.2, -0.15) is 0 Å². The minimum atomic E-state index is 0. The fraction of sp³-hybridized carbons (Fsp3) is 0.625. The lowest BCUT2D eigenvalue weighted by atomic mass is 10.3. The predicted molar refractivity (Wildman–Crippen MR) is 43.6 cm³/mol. The highest BCUT2D eigenvalue weighted by Crippen LogP contribution is 2.08.